The summed E-state index contributed by atoms with van der Waals surface area (Å²) in [5.41, 5.74) is 3.86. The topological polar surface area (TPSA) is 100 Å². The molecule has 0 spiro atoms. The van der Waals surface area contributed by atoms with Crippen molar-refractivity contribution in [1.82, 2.24) is 10.2 Å². The van der Waals surface area contributed by atoms with Crippen molar-refractivity contribution >= 4 is 17.5 Å². The first-order chi connectivity index (χ1) is 21.0. The second-order valence-corrected chi connectivity index (χ2v) is 10.4. The molecule has 1 heterocycles. The van der Waals surface area contributed by atoms with Gasteiger partial charge in [0.1, 0.15) is 18.4 Å². The number of hydrogen-bond acceptors (Lipinski definition) is 6. The maximum Gasteiger partial charge on any atom is 0.243 e. The largest absolute Gasteiger partial charge is 0.497 e. The molecule has 2 N–H and O–H groups in total. The molecular formula is C35H35N3O5. The molecule has 220 valence electrons. The summed E-state index contributed by atoms with van der Waals surface area (Å²) in [6.07, 6.45) is -0.657. The van der Waals surface area contributed by atoms with Crippen LogP contribution in [0.15, 0.2) is 120 Å². The van der Waals surface area contributed by atoms with Gasteiger partial charge in [-0.3, -0.25) is 9.59 Å². The molecule has 1 fully saturated rings. The lowest BCUT2D eigenvalue weighted by Gasteiger charge is -2.28. The van der Waals surface area contributed by atoms with Crippen molar-refractivity contribution in [3.63, 3.8) is 0 Å². The third-order valence-electron chi connectivity index (χ3n) is 7.49. The predicted octanol–water partition coefficient (Wildman–Crippen LogP) is 4.85. The molecule has 0 aromatic heterocycles. The molecule has 43 heavy (non-hydrogen) atoms. The van der Waals surface area contributed by atoms with Crippen molar-refractivity contribution in [1.29, 1.82) is 0 Å². The van der Waals surface area contributed by atoms with Gasteiger partial charge in [-0.15, -0.1) is 0 Å². The van der Waals surface area contributed by atoms with Crippen molar-refractivity contribution in [3.05, 3.63) is 138 Å². The summed E-state index contributed by atoms with van der Waals surface area (Å²) in [7, 11) is 1.61. The van der Waals surface area contributed by atoms with Crippen LogP contribution in [0.5, 0.6) is 5.75 Å². The lowest BCUT2D eigenvalue weighted by atomic mass is 9.90. The molecule has 4 aromatic carbocycles. The van der Waals surface area contributed by atoms with Gasteiger partial charge in [0, 0.05) is 13.0 Å². The number of ether oxygens (including phenoxy) is 1. The van der Waals surface area contributed by atoms with Gasteiger partial charge >= 0.3 is 0 Å². The number of amides is 2. The van der Waals surface area contributed by atoms with Gasteiger partial charge in [0.25, 0.3) is 0 Å². The Hall–Kier alpha value is -4.95. The number of carbonyl (C=O) groups is 2. The zero-order valence-electron chi connectivity index (χ0n) is 24.0. The highest BCUT2D eigenvalue weighted by molar-refractivity contribution is 6.02. The average Bonchev–Trinajstić information content (AvgIpc) is 3.50. The minimum Gasteiger partial charge on any atom is -0.497 e. The standard InChI is InChI=1S/C35H35N3O5/c1-42-30-19-17-25(18-20-30)24-43-37-29-21-31(34(40)36-22-32(39)26-11-5-2-6-12-26)38(23-29)35(41)33(27-13-7-3-8-14-27)28-15-9-4-10-16-28/h2-20,31-33,39H,21-24H2,1H3,(H,36,40)/t31-,32?/m0/s1. The van der Waals surface area contributed by atoms with Crippen LogP contribution >= 0.6 is 0 Å². The van der Waals surface area contributed by atoms with Crippen LogP contribution in [0, 0.1) is 0 Å². The molecular weight excluding hydrogens is 542 g/mol. The third kappa shape index (κ3) is 7.47. The number of hydrogen-bond donors (Lipinski definition) is 2. The van der Waals surface area contributed by atoms with Crippen LogP contribution in [0.25, 0.3) is 0 Å². The Morgan fingerprint density at radius 2 is 1.42 bits per heavy atom. The van der Waals surface area contributed by atoms with E-state index in [1.165, 1.54) is 0 Å². The summed E-state index contributed by atoms with van der Waals surface area (Å²) in [5.74, 6) is -0.421. The first-order valence-corrected chi connectivity index (χ1v) is 14.2. The van der Waals surface area contributed by atoms with E-state index in [1.807, 2.05) is 103 Å². The maximum absolute atomic E-state index is 14.3. The fraction of sp³-hybridized carbons (Fsp3) is 0.229. The summed E-state index contributed by atoms with van der Waals surface area (Å²) < 4.78 is 5.21. The minimum absolute atomic E-state index is 0.0165. The molecule has 8 nitrogen and oxygen atoms in total. The first-order valence-electron chi connectivity index (χ1n) is 14.2. The molecule has 1 unspecified atom stereocenters. The molecule has 0 bridgehead atoms. The summed E-state index contributed by atoms with van der Waals surface area (Å²) in [4.78, 5) is 35.1. The van der Waals surface area contributed by atoms with E-state index < -0.39 is 18.1 Å². The van der Waals surface area contributed by atoms with E-state index >= 15 is 0 Å². The fourth-order valence-electron chi connectivity index (χ4n) is 5.20. The smallest absolute Gasteiger partial charge is 0.243 e. The molecule has 0 saturated carbocycles. The Labute approximate surface area is 251 Å². The van der Waals surface area contributed by atoms with Crippen LogP contribution in [0.3, 0.4) is 0 Å². The maximum atomic E-state index is 14.3. The number of rotatable bonds is 11. The van der Waals surface area contributed by atoms with E-state index in [9.17, 15) is 14.7 Å². The van der Waals surface area contributed by atoms with Crippen molar-refractivity contribution in [2.45, 2.75) is 31.1 Å². The number of methoxy groups -OCH3 is 1. The van der Waals surface area contributed by atoms with Crippen molar-refractivity contribution in [2.75, 3.05) is 20.2 Å². The Morgan fingerprint density at radius 3 is 1.98 bits per heavy atom. The normalized spacial score (nSPS) is 16.2. The van der Waals surface area contributed by atoms with Crippen LogP contribution in [-0.2, 0) is 21.0 Å². The van der Waals surface area contributed by atoms with E-state index in [0.29, 0.717) is 11.3 Å². The number of nitrogens with one attached hydrogen (secondary N) is 1. The predicted molar refractivity (Wildman–Crippen MR) is 164 cm³/mol. The number of aliphatic hydroxyl groups is 1. The molecule has 1 saturated heterocycles. The summed E-state index contributed by atoms with van der Waals surface area (Å²) >= 11 is 0. The molecule has 2 atom stereocenters. The summed E-state index contributed by atoms with van der Waals surface area (Å²) in [6, 6.07) is 34.9. The number of likely N-dealkylation sites (tertiary alicyclic amines) is 1. The minimum atomic E-state index is -0.877. The van der Waals surface area contributed by atoms with E-state index in [-0.39, 0.29) is 37.9 Å². The molecule has 2 amide bonds. The second kappa shape index (κ2) is 14.3. The molecule has 1 aliphatic heterocycles. The highest BCUT2D eigenvalue weighted by Gasteiger charge is 2.41. The number of oxime groups is 1. The van der Waals surface area contributed by atoms with Gasteiger partial charge in [-0.25, -0.2) is 0 Å². The van der Waals surface area contributed by atoms with Crippen LogP contribution < -0.4 is 10.1 Å². The molecule has 4 aromatic rings. The summed E-state index contributed by atoms with van der Waals surface area (Å²) in [5, 5.41) is 17.8. The molecule has 0 radical (unpaired) electrons. The Morgan fingerprint density at radius 1 is 0.860 bits per heavy atom. The lowest BCUT2D eigenvalue weighted by molar-refractivity contribution is -0.139. The van der Waals surface area contributed by atoms with Gasteiger partial charge in [-0.2, -0.15) is 0 Å². The zero-order valence-corrected chi connectivity index (χ0v) is 24.0. The van der Waals surface area contributed by atoms with Gasteiger partial charge in [-0.05, 0) is 34.4 Å². The number of benzene rings is 4. The molecule has 8 heteroatoms. The summed E-state index contributed by atoms with van der Waals surface area (Å²) in [6.45, 7) is 0.401. The molecule has 0 aliphatic carbocycles. The highest BCUT2D eigenvalue weighted by Crippen LogP contribution is 2.30. The van der Waals surface area contributed by atoms with Crippen LogP contribution in [0.2, 0.25) is 0 Å². The zero-order chi connectivity index (χ0) is 30.0. The van der Waals surface area contributed by atoms with E-state index in [0.717, 1.165) is 22.4 Å². The second-order valence-electron chi connectivity index (χ2n) is 10.4. The Bertz CT molecular complexity index is 1470. The number of nitrogens with zero attached hydrogens (tertiary/aromatic N) is 2. The fourth-order valence-corrected chi connectivity index (χ4v) is 5.20. The van der Waals surface area contributed by atoms with E-state index in [1.54, 1.807) is 24.1 Å². The van der Waals surface area contributed by atoms with Crippen molar-refractivity contribution in [2.24, 2.45) is 5.16 Å². The van der Waals surface area contributed by atoms with Crippen molar-refractivity contribution < 1.29 is 24.3 Å². The molecule has 5 rings (SSSR count). The Kier molecular flexibility index (Phi) is 9.82. The van der Waals surface area contributed by atoms with Gasteiger partial charge in [0.2, 0.25) is 11.8 Å². The first kappa shape index (κ1) is 29.5. The lowest BCUT2D eigenvalue weighted by Crippen LogP contribution is -2.48. The van der Waals surface area contributed by atoms with Gasteiger partial charge in [-0.1, -0.05) is 108 Å². The van der Waals surface area contributed by atoms with Gasteiger partial charge < -0.3 is 24.9 Å². The van der Waals surface area contributed by atoms with E-state index in [4.69, 9.17) is 9.57 Å². The van der Waals surface area contributed by atoms with Crippen LogP contribution in [-0.4, -0.2) is 53.8 Å². The van der Waals surface area contributed by atoms with Gasteiger partial charge in [0.05, 0.1) is 31.4 Å². The van der Waals surface area contributed by atoms with Crippen LogP contribution in [0.4, 0.5) is 0 Å². The number of aliphatic hydroxyl groups excluding tert-OH is 1. The van der Waals surface area contributed by atoms with Crippen molar-refractivity contribution in [3.8, 4) is 5.75 Å². The molecule has 1 aliphatic rings. The quantitative estimate of drug-likeness (QED) is 0.248. The average molecular weight is 578 g/mol. The monoisotopic (exact) mass is 577 g/mol. The SMILES string of the molecule is COc1ccc(CON=C2C[C@@H](C(=O)NCC(O)c3ccccc3)N(C(=O)C(c3ccccc3)c3ccccc3)C2)cc1. The van der Waals surface area contributed by atoms with Gasteiger partial charge in [0.15, 0.2) is 0 Å². The van der Waals surface area contributed by atoms with E-state index in [2.05, 4.69) is 10.5 Å². The third-order valence-corrected chi connectivity index (χ3v) is 7.49. The number of carbonyl (C=O) groups excluding carboxylic acids is 2. The highest BCUT2D eigenvalue weighted by atomic mass is 16.6. The Balaban J connectivity index is 1.37. The van der Waals surface area contributed by atoms with Crippen LogP contribution in [0.1, 0.15) is 40.7 Å².